The first-order valence-corrected chi connectivity index (χ1v) is 10.4. The van der Waals surface area contributed by atoms with E-state index in [1.54, 1.807) is 6.92 Å². The third kappa shape index (κ3) is 4.00. The Morgan fingerprint density at radius 1 is 1.00 bits per heavy atom. The number of hydrogen-bond donors (Lipinski definition) is 0. The van der Waals surface area contributed by atoms with Gasteiger partial charge in [0.25, 0.3) is 0 Å². The molecule has 2 heterocycles. The molecule has 2 aliphatic rings. The lowest BCUT2D eigenvalue weighted by molar-refractivity contribution is -0.131. The lowest BCUT2D eigenvalue weighted by Gasteiger charge is -2.29. The zero-order chi connectivity index (χ0) is 20.4. The number of carbonyl (C=O) groups is 2. The largest absolute Gasteiger partial charge is 0.494 e. The van der Waals surface area contributed by atoms with E-state index in [0.29, 0.717) is 31.4 Å². The summed E-state index contributed by atoms with van der Waals surface area (Å²) in [6.45, 7) is 6.40. The van der Waals surface area contributed by atoms with Crippen LogP contribution in [0.5, 0.6) is 5.75 Å². The van der Waals surface area contributed by atoms with Crippen molar-refractivity contribution < 1.29 is 14.3 Å². The molecule has 0 aromatic heterocycles. The molecule has 2 aliphatic heterocycles. The normalized spacial score (nSPS) is 23.2. The molecule has 0 unspecified atom stereocenters. The SMILES string of the molecule is CCOc1ccc(CC(=O)N2C[C@@H]3CN(C(C)=O)[C@@H](c4ccccc4)[C@@H]3C2)cc1. The van der Waals surface area contributed by atoms with Crippen LogP contribution in [0.4, 0.5) is 0 Å². The van der Waals surface area contributed by atoms with Crippen LogP contribution in [0.25, 0.3) is 0 Å². The Bertz CT molecular complexity index is 865. The molecule has 2 fully saturated rings. The van der Waals surface area contributed by atoms with Crippen molar-refractivity contribution in [3.8, 4) is 5.75 Å². The van der Waals surface area contributed by atoms with Crippen molar-refractivity contribution in [1.29, 1.82) is 0 Å². The molecule has 0 radical (unpaired) electrons. The van der Waals surface area contributed by atoms with Crippen LogP contribution in [0.15, 0.2) is 54.6 Å². The van der Waals surface area contributed by atoms with Crippen LogP contribution in [0.2, 0.25) is 0 Å². The predicted molar refractivity (Wildman–Crippen MR) is 111 cm³/mol. The molecule has 0 spiro atoms. The van der Waals surface area contributed by atoms with Crippen molar-refractivity contribution in [2.24, 2.45) is 11.8 Å². The third-order valence-electron chi connectivity index (χ3n) is 6.15. The quantitative estimate of drug-likeness (QED) is 0.784. The summed E-state index contributed by atoms with van der Waals surface area (Å²) in [4.78, 5) is 29.1. The molecule has 152 valence electrons. The number of carbonyl (C=O) groups excluding carboxylic acids is 2. The fourth-order valence-corrected chi connectivity index (χ4v) is 4.81. The molecular weight excluding hydrogens is 364 g/mol. The number of nitrogens with zero attached hydrogens (tertiary/aromatic N) is 2. The maximum Gasteiger partial charge on any atom is 0.227 e. The van der Waals surface area contributed by atoms with Gasteiger partial charge in [0.1, 0.15) is 5.75 Å². The first-order chi connectivity index (χ1) is 14.1. The maximum absolute atomic E-state index is 12.9. The highest BCUT2D eigenvalue weighted by Crippen LogP contribution is 2.45. The van der Waals surface area contributed by atoms with E-state index in [1.165, 1.54) is 0 Å². The average molecular weight is 392 g/mol. The first kappa shape index (κ1) is 19.5. The molecule has 5 nitrogen and oxygen atoms in total. The van der Waals surface area contributed by atoms with Crippen molar-refractivity contribution in [2.75, 3.05) is 26.2 Å². The van der Waals surface area contributed by atoms with Gasteiger partial charge in [-0.2, -0.15) is 0 Å². The Morgan fingerprint density at radius 3 is 2.38 bits per heavy atom. The standard InChI is InChI=1S/C24H28N2O3/c1-3-29-21-11-9-18(10-12-21)13-23(28)25-14-20-15-26(17(2)27)24(22(20)16-25)19-7-5-4-6-8-19/h4-12,20,22,24H,3,13-16H2,1-2H3/t20-,22-,24+/m1/s1. The number of hydrogen-bond acceptors (Lipinski definition) is 3. The van der Waals surface area contributed by atoms with E-state index < -0.39 is 0 Å². The lowest BCUT2D eigenvalue weighted by atomic mass is 9.89. The molecule has 2 saturated heterocycles. The highest BCUT2D eigenvalue weighted by molar-refractivity contribution is 5.79. The van der Waals surface area contributed by atoms with Crippen molar-refractivity contribution in [3.63, 3.8) is 0 Å². The molecule has 3 atom stereocenters. The summed E-state index contributed by atoms with van der Waals surface area (Å²) in [5.41, 5.74) is 2.16. The second-order valence-corrected chi connectivity index (χ2v) is 8.00. The Balaban J connectivity index is 1.45. The fourth-order valence-electron chi connectivity index (χ4n) is 4.81. The minimum absolute atomic E-state index is 0.0574. The Morgan fingerprint density at radius 2 is 1.72 bits per heavy atom. The number of fused-ring (bicyclic) bond motifs is 1. The molecule has 0 bridgehead atoms. The van der Waals surface area contributed by atoms with Crippen LogP contribution in [-0.4, -0.2) is 47.9 Å². The first-order valence-electron chi connectivity index (χ1n) is 10.4. The maximum atomic E-state index is 12.9. The topological polar surface area (TPSA) is 49.9 Å². The van der Waals surface area contributed by atoms with Gasteiger partial charge in [-0.15, -0.1) is 0 Å². The molecule has 0 N–H and O–H groups in total. The van der Waals surface area contributed by atoms with Gasteiger partial charge >= 0.3 is 0 Å². The number of rotatable bonds is 5. The lowest BCUT2D eigenvalue weighted by Crippen LogP contribution is -2.37. The summed E-state index contributed by atoms with van der Waals surface area (Å²) < 4.78 is 5.47. The van der Waals surface area contributed by atoms with Gasteiger partial charge < -0.3 is 14.5 Å². The summed E-state index contributed by atoms with van der Waals surface area (Å²) in [7, 11) is 0. The van der Waals surface area contributed by atoms with Crippen LogP contribution in [-0.2, 0) is 16.0 Å². The number of benzene rings is 2. The summed E-state index contributed by atoms with van der Waals surface area (Å²) >= 11 is 0. The van der Waals surface area contributed by atoms with Crippen LogP contribution in [0.1, 0.15) is 31.0 Å². The van der Waals surface area contributed by atoms with Crippen molar-refractivity contribution in [3.05, 3.63) is 65.7 Å². The molecule has 2 aromatic carbocycles. The van der Waals surface area contributed by atoms with Gasteiger partial charge in [-0.3, -0.25) is 9.59 Å². The van der Waals surface area contributed by atoms with Crippen LogP contribution < -0.4 is 4.74 Å². The van der Waals surface area contributed by atoms with Gasteiger partial charge in [0.2, 0.25) is 11.8 Å². The number of amides is 2. The minimum Gasteiger partial charge on any atom is -0.494 e. The monoisotopic (exact) mass is 392 g/mol. The number of likely N-dealkylation sites (tertiary alicyclic amines) is 2. The molecular formula is C24H28N2O3. The van der Waals surface area contributed by atoms with Crippen molar-refractivity contribution in [1.82, 2.24) is 9.80 Å². The van der Waals surface area contributed by atoms with Crippen molar-refractivity contribution >= 4 is 11.8 Å². The second kappa shape index (κ2) is 8.27. The van der Waals surface area contributed by atoms with E-state index in [2.05, 4.69) is 12.1 Å². The zero-order valence-corrected chi connectivity index (χ0v) is 17.1. The minimum atomic E-state index is 0.0574. The molecule has 0 aliphatic carbocycles. The van der Waals surface area contributed by atoms with Gasteiger partial charge in [-0.25, -0.2) is 0 Å². The van der Waals surface area contributed by atoms with Gasteiger partial charge in [-0.1, -0.05) is 42.5 Å². The molecule has 5 heteroatoms. The Hall–Kier alpha value is -2.82. The van der Waals surface area contributed by atoms with Crippen LogP contribution in [0, 0.1) is 11.8 Å². The zero-order valence-electron chi connectivity index (χ0n) is 17.1. The van der Waals surface area contributed by atoms with Crippen molar-refractivity contribution in [2.45, 2.75) is 26.3 Å². The Kier molecular flexibility index (Phi) is 5.56. The molecule has 2 aromatic rings. The van der Waals surface area contributed by atoms with E-state index in [1.807, 2.05) is 59.2 Å². The summed E-state index contributed by atoms with van der Waals surface area (Å²) in [6, 6.07) is 18.0. The predicted octanol–water partition coefficient (Wildman–Crippen LogP) is 3.31. The van der Waals surface area contributed by atoms with E-state index in [4.69, 9.17) is 4.74 Å². The summed E-state index contributed by atoms with van der Waals surface area (Å²) in [5, 5.41) is 0. The van der Waals surface area contributed by atoms with Gasteiger partial charge in [-0.05, 0) is 30.2 Å². The van der Waals surface area contributed by atoms with E-state index in [9.17, 15) is 9.59 Å². The third-order valence-corrected chi connectivity index (χ3v) is 6.15. The fraction of sp³-hybridized carbons (Fsp3) is 0.417. The highest BCUT2D eigenvalue weighted by Gasteiger charge is 2.49. The molecule has 4 rings (SSSR count). The summed E-state index contributed by atoms with van der Waals surface area (Å²) in [5.74, 6) is 1.73. The smallest absolute Gasteiger partial charge is 0.227 e. The van der Waals surface area contributed by atoms with Crippen LogP contribution >= 0.6 is 0 Å². The van der Waals surface area contributed by atoms with E-state index in [-0.39, 0.29) is 17.9 Å². The number of ether oxygens (including phenoxy) is 1. The Labute approximate surface area is 172 Å². The van der Waals surface area contributed by atoms with Gasteiger partial charge in [0.05, 0.1) is 19.1 Å². The van der Waals surface area contributed by atoms with E-state index in [0.717, 1.165) is 30.0 Å². The highest BCUT2D eigenvalue weighted by atomic mass is 16.5. The molecule has 2 amide bonds. The van der Waals surface area contributed by atoms with E-state index >= 15 is 0 Å². The molecule has 29 heavy (non-hydrogen) atoms. The van der Waals surface area contributed by atoms with Crippen LogP contribution in [0.3, 0.4) is 0 Å². The average Bonchev–Trinajstić information content (AvgIpc) is 3.28. The summed E-state index contributed by atoms with van der Waals surface area (Å²) in [6.07, 6.45) is 0.401. The second-order valence-electron chi connectivity index (χ2n) is 8.00. The molecule has 0 saturated carbocycles. The van der Waals surface area contributed by atoms with Gasteiger partial charge in [0, 0.05) is 38.4 Å². The van der Waals surface area contributed by atoms with Gasteiger partial charge in [0.15, 0.2) is 0 Å².